The van der Waals surface area contributed by atoms with Gasteiger partial charge in [-0.15, -0.1) is 0 Å². The summed E-state index contributed by atoms with van der Waals surface area (Å²) in [5.41, 5.74) is -1.17. The number of unbranched alkanes of at least 4 members (excludes halogenated alkanes) is 2. The second-order valence-electron chi connectivity index (χ2n) is 12.5. The number of benzene rings is 4. The molecule has 4 aromatic carbocycles. The molecule has 44 heavy (non-hydrogen) atoms. The van der Waals surface area contributed by atoms with Crippen LogP contribution in [0.25, 0.3) is 53.9 Å². The number of hydrogen-bond donors (Lipinski definition) is 0. The molecule has 8 heteroatoms. The minimum atomic E-state index is -0.301. The van der Waals surface area contributed by atoms with Crippen LogP contribution in [0, 0.1) is 11.8 Å². The number of aromatic nitrogens is 2. The quantitative estimate of drug-likeness (QED) is 0.0935. The van der Waals surface area contributed by atoms with E-state index in [2.05, 4.69) is 59.6 Å². The van der Waals surface area contributed by atoms with Crippen LogP contribution >= 0.6 is 31.9 Å². The monoisotopic (exact) mass is 720 g/mol. The maximum atomic E-state index is 14.1. The Morgan fingerprint density at radius 3 is 1.59 bits per heavy atom. The van der Waals surface area contributed by atoms with Gasteiger partial charge < -0.3 is 0 Å². The predicted octanol–water partition coefficient (Wildman–Crippen LogP) is 8.77. The van der Waals surface area contributed by atoms with Crippen LogP contribution in [0.5, 0.6) is 0 Å². The van der Waals surface area contributed by atoms with Gasteiger partial charge in [0.1, 0.15) is 0 Å². The lowest BCUT2D eigenvalue weighted by molar-refractivity contribution is 0.382. The molecule has 0 radical (unpaired) electrons. The Morgan fingerprint density at radius 2 is 1.05 bits per heavy atom. The van der Waals surface area contributed by atoms with Crippen molar-refractivity contribution in [1.29, 1.82) is 0 Å². The summed E-state index contributed by atoms with van der Waals surface area (Å²) in [7, 11) is 0. The first kappa shape index (κ1) is 31.2. The Bertz CT molecular complexity index is 2250. The molecule has 0 amide bonds. The smallest absolute Gasteiger partial charge is 0.262 e. The van der Waals surface area contributed by atoms with Crippen molar-refractivity contribution in [3.05, 3.63) is 74.6 Å². The average Bonchev–Trinajstić information content (AvgIpc) is 3.01. The summed E-state index contributed by atoms with van der Waals surface area (Å²) in [6, 6.07) is 7.39. The lowest BCUT2D eigenvalue weighted by atomic mass is 9.87. The normalized spacial score (nSPS) is 13.9. The van der Waals surface area contributed by atoms with Gasteiger partial charge in [-0.1, -0.05) is 82.1 Å². The number of hydrogen-bond acceptors (Lipinski definition) is 4. The molecule has 0 aliphatic carbocycles. The van der Waals surface area contributed by atoms with Crippen LogP contribution in [-0.2, 0) is 13.1 Å². The molecule has 230 valence electrons. The average molecular weight is 723 g/mol. The molecule has 6 rings (SSSR count). The van der Waals surface area contributed by atoms with Gasteiger partial charge in [0, 0.05) is 54.4 Å². The molecule has 0 aliphatic heterocycles. The summed E-state index contributed by atoms with van der Waals surface area (Å²) >= 11 is 7.40. The maximum absolute atomic E-state index is 14.1. The Morgan fingerprint density at radius 1 is 0.545 bits per heavy atom. The zero-order valence-electron chi connectivity index (χ0n) is 25.8. The largest absolute Gasteiger partial charge is 0.274 e. The highest BCUT2D eigenvalue weighted by molar-refractivity contribution is 9.11. The summed E-state index contributed by atoms with van der Waals surface area (Å²) in [5, 5.41) is 6.13. The minimum absolute atomic E-state index is 0.232. The Hall–Kier alpha value is -2.84. The zero-order chi connectivity index (χ0) is 31.4. The van der Waals surface area contributed by atoms with Crippen molar-refractivity contribution < 1.29 is 0 Å². The molecular formula is C36H38Br2N2O4. The van der Waals surface area contributed by atoms with Crippen molar-refractivity contribution in [2.24, 2.45) is 11.8 Å². The molecule has 6 nitrogen and oxygen atoms in total. The van der Waals surface area contributed by atoms with E-state index in [1.54, 1.807) is 6.07 Å². The third-order valence-electron chi connectivity index (χ3n) is 9.86. The van der Waals surface area contributed by atoms with Gasteiger partial charge in [0.25, 0.3) is 22.2 Å². The van der Waals surface area contributed by atoms with Crippen LogP contribution in [0.4, 0.5) is 0 Å². The van der Waals surface area contributed by atoms with Crippen LogP contribution in [-0.4, -0.2) is 9.13 Å². The van der Waals surface area contributed by atoms with Crippen molar-refractivity contribution in [2.75, 3.05) is 0 Å². The van der Waals surface area contributed by atoms with Crippen LogP contribution in [0.1, 0.15) is 79.1 Å². The fourth-order valence-corrected chi connectivity index (χ4v) is 8.42. The van der Waals surface area contributed by atoms with E-state index in [0.29, 0.717) is 54.4 Å². The molecule has 2 aromatic heterocycles. The zero-order valence-corrected chi connectivity index (χ0v) is 29.0. The highest BCUT2D eigenvalue weighted by Crippen LogP contribution is 2.45. The third-order valence-corrected chi connectivity index (χ3v) is 11.1. The Balaban J connectivity index is 1.71. The van der Waals surface area contributed by atoms with E-state index >= 15 is 0 Å². The molecule has 6 aromatic rings. The topological polar surface area (TPSA) is 78.1 Å². The highest BCUT2D eigenvalue weighted by Gasteiger charge is 2.26. The molecule has 2 atom stereocenters. The van der Waals surface area contributed by atoms with Gasteiger partial charge in [0.2, 0.25) is 0 Å². The second-order valence-corrected chi connectivity index (χ2v) is 14.2. The summed E-state index contributed by atoms with van der Waals surface area (Å²) < 4.78 is 4.13. The van der Waals surface area contributed by atoms with Gasteiger partial charge in [-0.3, -0.25) is 28.3 Å². The molecule has 0 fully saturated rings. The molecule has 0 aliphatic rings. The standard InChI is InChI=1S/C36H38Br2N2O4/c1-5-9-11-19(7-3)17-39-33(41)23-13-21-14-27(38)32-31-24(34(42)40(36(32)44)18-20(8-4)12-10-6-2)15-22-26(37)16-25(35(39)43)29(23)30(22)28(21)31/h13-16,19-20H,5-12,17-18H2,1-4H3. The van der Waals surface area contributed by atoms with E-state index in [4.69, 9.17) is 0 Å². The van der Waals surface area contributed by atoms with E-state index in [1.807, 2.05) is 18.2 Å². The van der Waals surface area contributed by atoms with Crippen molar-refractivity contribution in [3.8, 4) is 0 Å². The fourth-order valence-electron chi connectivity index (χ4n) is 7.27. The maximum Gasteiger partial charge on any atom is 0.262 e. The van der Waals surface area contributed by atoms with Crippen molar-refractivity contribution >= 4 is 85.7 Å². The fraction of sp³-hybridized carbons (Fsp3) is 0.444. The molecule has 0 N–H and O–H groups in total. The first-order valence-electron chi connectivity index (χ1n) is 16.1. The first-order valence-corrected chi connectivity index (χ1v) is 17.6. The second kappa shape index (κ2) is 12.2. The number of pyridine rings is 2. The Labute approximate surface area is 272 Å². The lowest BCUT2D eigenvalue weighted by Crippen LogP contribution is -2.36. The van der Waals surface area contributed by atoms with Gasteiger partial charge in [-0.2, -0.15) is 0 Å². The lowest BCUT2D eigenvalue weighted by Gasteiger charge is -2.21. The molecule has 0 spiro atoms. The van der Waals surface area contributed by atoms with Crippen molar-refractivity contribution in [3.63, 3.8) is 0 Å². The summed E-state index contributed by atoms with van der Waals surface area (Å²) in [6.07, 6.45) is 7.95. The molecule has 2 heterocycles. The van der Waals surface area contributed by atoms with E-state index in [-0.39, 0.29) is 34.1 Å². The number of halogens is 2. The third kappa shape index (κ3) is 4.79. The van der Waals surface area contributed by atoms with E-state index < -0.39 is 0 Å². The van der Waals surface area contributed by atoms with Crippen LogP contribution < -0.4 is 22.2 Å². The molecule has 0 saturated carbocycles. The van der Waals surface area contributed by atoms with Crippen LogP contribution in [0.15, 0.2) is 52.4 Å². The molecule has 0 saturated heterocycles. The number of nitrogens with zero attached hydrogens (tertiary/aromatic N) is 2. The first-order chi connectivity index (χ1) is 21.2. The predicted molar refractivity (Wildman–Crippen MR) is 191 cm³/mol. The van der Waals surface area contributed by atoms with E-state index in [1.165, 1.54) is 9.13 Å². The molecule has 2 unspecified atom stereocenters. The number of rotatable bonds is 12. The highest BCUT2D eigenvalue weighted by atomic mass is 79.9. The minimum Gasteiger partial charge on any atom is -0.274 e. The van der Waals surface area contributed by atoms with Gasteiger partial charge in [-0.25, -0.2) is 0 Å². The SMILES string of the molecule is CCCCC(CC)Cn1c(=O)c2cc(Br)c3cc4c(=O)n(CC(CC)CCCC)c(=O)c5c(Br)cc6cc(c1=O)c2c3c6c45. The summed E-state index contributed by atoms with van der Waals surface area (Å²) in [5.74, 6) is 0.471. The Kier molecular flexibility index (Phi) is 8.61. The van der Waals surface area contributed by atoms with Gasteiger partial charge >= 0.3 is 0 Å². The summed E-state index contributed by atoms with van der Waals surface area (Å²) in [4.78, 5) is 56.2. The van der Waals surface area contributed by atoms with Crippen LogP contribution in [0.3, 0.4) is 0 Å². The van der Waals surface area contributed by atoms with E-state index in [9.17, 15) is 19.2 Å². The van der Waals surface area contributed by atoms with Gasteiger partial charge in [0.05, 0.1) is 5.39 Å². The summed E-state index contributed by atoms with van der Waals surface area (Å²) in [6.45, 7) is 9.29. The van der Waals surface area contributed by atoms with Crippen LogP contribution in [0.2, 0.25) is 0 Å². The van der Waals surface area contributed by atoms with Gasteiger partial charge in [0.15, 0.2) is 0 Å². The van der Waals surface area contributed by atoms with E-state index in [0.717, 1.165) is 72.9 Å². The van der Waals surface area contributed by atoms with Crippen molar-refractivity contribution in [2.45, 2.75) is 92.2 Å². The molecular weight excluding hydrogens is 684 g/mol. The van der Waals surface area contributed by atoms with Gasteiger partial charge in [-0.05, 0) is 81.0 Å². The molecule has 0 bridgehead atoms. The van der Waals surface area contributed by atoms with Crippen molar-refractivity contribution in [1.82, 2.24) is 9.13 Å².